The van der Waals surface area contributed by atoms with Gasteiger partial charge in [0.1, 0.15) is 0 Å². The van der Waals surface area contributed by atoms with Crippen molar-refractivity contribution in [1.82, 2.24) is 0 Å². The molecule has 5 heteroatoms. The zero-order chi connectivity index (χ0) is 14.0. The summed E-state index contributed by atoms with van der Waals surface area (Å²) in [6, 6.07) is 10.6. The Kier molecular flexibility index (Phi) is 3.38. The molecule has 2 aromatic carbocycles. The van der Waals surface area contributed by atoms with Crippen molar-refractivity contribution >= 4 is 11.4 Å². The third-order valence-corrected chi connectivity index (χ3v) is 2.81. The van der Waals surface area contributed by atoms with Gasteiger partial charge >= 0.3 is 6.18 Å². The Morgan fingerprint density at radius 3 is 2.00 bits per heavy atom. The zero-order valence-electron chi connectivity index (χ0n) is 10.0. The second-order valence-corrected chi connectivity index (χ2v) is 4.33. The Bertz CT molecular complexity index is 574. The predicted octanol–water partition coefficient (Wildman–Crippen LogP) is 3.46. The summed E-state index contributed by atoms with van der Waals surface area (Å²) in [5, 5.41) is 0. The Hall–Kier alpha value is -2.17. The summed E-state index contributed by atoms with van der Waals surface area (Å²) < 4.78 is 38.8. The number of benzene rings is 2. The van der Waals surface area contributed by atoms with Gasteiger partial charge in [-0.15, -0.1) is 0 Å². The van der Waals surface area contributed by atoms with Crippen LogP contribution in [-0.4, -0.2) is 0 Å². The average Bonchev–Trinajstić information content (AvgIpc) is 2.33. The highest BCUT2D eigenvalue weighted by atomic mass is 19.4. The fourth-order valence-electron chi connectivity index (χ4n) is 1.87. The summed E-state index contributed by atoms with van der Waals surface area (Å²) >= 11 is 0. The second kappa shape index (κ2) is 4.84. The van der Waals surface area contributed by atoms with Gasteiger partial charge in [-0.1, -0.05) is 18.2 Å². The number of nitrogen functional groups attached to an aromatic ring is 2. The molecule has 4 N–H and O–H groups in total. The van der Waals surface area contributed by atoms with E-state index < -0.39 is 11.7 Å². The lowest BCUT2D eigenvalue weighted by Gasteiger charge is -2.13. The fourth-order valence-corrected chi connectivity index (χ4v) is 1.87. The molecule has 0 aliphatic carbocycles. The van der Waals surface area contributed by atoms with Gasteiger partial charge in [-0.2, -0.15) is 13.2 Å². The van der Waals surface area contributed by atoms with Crippen molar-refractivity contribution in [3.63, 3.8) is 0 Å². The van der Waals surface area contributed by atoms with E-state index in [-0.39, 0.29) is 17.7 Å². The molecule has 100 valence electrons. The maximum atomic E-state index is 12.9. The molecular formula is C14H13F3N2. The van der Waals surface area contributed by atoms with Crippen LogP contribution in [0, 0.1) is 0 Å². The van der Waals surface area contributed by atoms with E-state index in [9.17, 15) is 13.2 Å². The quantitative estimate of drug-likeness (QED) is 0.818. The molecule has 0 atom stereocenters. The van der Waals surface area contributed by atoms with Crippen LogP contribution in [0.2, 0.25) is 0 Å². The van der Waals surface area contributed by atoms with Gasteiger partial charge in [0.15, 0.2) is 0 Å². The summed E-state index contributed by atoms with van der Waals surface area (Å²) in [5.41, 5.74) is 11.9. The molecule has 0 bridgehead atoms. The van der Waals surface area contributed by atoms with Crippen molar-refractivity contribution < 1.29 is 13.2 Å². The molecule has 0 heterocycles. The molecule has 19 heavy (non-hydrogen) atoms. The number of hydrogen-bond donors (Lipinski definition) is 2. The predicted molar refractivity (Wildman–Crippen MR) is 69.5 cm³/mol. The van der Waals surface area contributed by atoms with Crippen LogP contribution in [0.5, 0.6) is 0 Å². The molecule has 0 amide bonds. The van der Waals surface area contributed by atoms with Gasteiger partial charge in [0.05, 0.1) is 5.56 Å². The largest absolute Gasteiger partial charge is 0.416 e. The normalized spacial score (nSPS) is 11.5. The minimum absolute atomic E-state index is 0.105. The first-order valence-electron chi connectivity index (χ1n) is 5.66. The van der Waals surface area contributed by atoms with Crippen molar-refractivity contribution in [3.8, 4) is 0 Å². The molecule has 0 radical (unpaired) electrons. The van der Waals surface area contributed by atoms with Gasteiger partial charge in [-0.3, -0.25) is 0 Å². The SMILES string of the molecule is Nc1ccc(Cc2ccc(N)cc2C(F)(F)F)cc1. The Morgan fingerprint density at radius 2 is 1.42 bits per heavy atom. The summed E-state index contributed by atoms with van der Waals surface area (Å²) in [4.78, 5) is 0. The molecule has 2 aromatic rings. The highest BCUT2D eigenvalue weighted by Crippen LogP contribution is 2.34. The third kappa shape index (κ3) is 3.19. The van der Waals surface area contributed by atoms with Gasteiger partial charge in [0.2, 0.25) is 0 Å². The van der Waals surface area contributed by atoms with Crippen LogP contribution in [0.25, 0.3) is 0 Å². The molecule has 2 rings (SSSR count). The van der Waals surface area contributed by atoms with E-state index in [2.05, 4.69) is 0 Å². The molecule has 0 aliphatic heterocycles. The molecule has 0 saturated heterocycles. The van der Waals surface area contributed by atoms with Crippen molar-refractivity contribution in [1.29, 1.82) is 0 Å². The third-order valence-electron chi connectivity index (χ3n) is 2.81. The zero-order valence-corrected chi connectivity index (χ0v) is 10.0. The van der Waals surface area contributed by atoms with E-state index in [4.69, 9.17) is 11.5 Å². The van der Waals surface area contributed by atoms with Crippen LogP contribution in [0.1, 0.15) is 16.7 Å². The van der Waals surface area contributed by atoms with E-state index in [0.717, 1.165) is 11.6 Å². The van der Waals surface area contributed by atoms with Gasteiger partial charge in [-0.25, -0.2) is 0 Å². The van der Waals surface area contributed by atoms with Crippen LogP contribution in [0.4, 0.5) is 24.5 Å². The molecule has 0 spiro atoms. The first-order valence-corrected chi connectivity index (χ1v) is 5.66. The number of anilines is 2. The molecule has 0 aromatic heterocycles. The van der Waals surface area contributed by atoms with Gasteiger partial charge in [0.25, 0.3) is 0 Å². The van der Waals surface area contributed by atoms with E-state index in [1.165, 1.54) is 12.1 Å². The summed E-state index contributed by atoms with van der Waals surface area (Å²) in [5.74, 6) is 0. The number of hydrogen-bond acceptors (Lipinski definition) is 2. The number of halogens is 3. The van der Waals surface area contributed by atoms with Gasteiger partial charge in [-0.05, 0) is 41.8 Å². The maximum Gasteiger partial charge on any atom is 0.416 e. The lowest BCUT2D eigenvalue weighted by molar-refractivity contribution is -0.138. The van der Waals surface area contributed by atoms with E-state index in [0.29, 0.717) is 5.69 Å². The van der Waals surface area contributed by atoms with Crippen LogP contribution in [-0.2, 0) is 12.6 Å². The highest BCUT2D eigenvalue weighted by Gasteiger charge is 2.33. The van der Waals surface area contributed by atoms with E-state index in [1.807, 2.05) is 0 Å². The molecule has 0 aliphatic rings. The first kappa shape index (κ1) is 13.3. The van der Waals surface area contributed by atoms with E-state index in [1.54, 1.807) is 24.3 Å². The number of alkyl halides is 3. The first-order chi connectivity index (χ1) is 8.86. The lowest BCUT2D eigenvalue weighted by atomic mass is 9.98. The smallest absolute Gasteiger partial charge is 0.399 e. The van der Waals surface area contributed by atoms with Crippen molar-refractivity contribution in [2.24, 2.45) is 0 Å². The maximum absolute atomic E-state index is 12.9. The second-order valence-electron chi connectivity index (χ2n) is 4.33. The molecule has 0 saturated carbocycles. The minimum Gasteiger partial charge on any atom is -0.399 e. The monoisotopic (exact) mass is 266 g/mol. The topological polar surface area (TPSA) is 52.0 Å². The van der Waals surface area contributed by atoms with Crippen LogP contribution < -0.4 is 11.5 Å². The Balaban J connectivity index is 2.37. The van der Waals surface area contributed by atoms with Gasteiger partial charge in [0, 0.05) is 11.4 Å². The highest BCUT2D eigenvalue weighted by molar-refractivity contribution is 5.48. The Labute approximate surface area is 108 Å². The molecule has 0 fully saturated rings. The lowest BCUT2D eigenvalue weighted by Crippen LogP contribution is -2.10. The summed E-state index contributed by atoms with van der Waals surface area (Å²) in [6.45, 7) is 0. The summed E-state index contributed by atoms with van der Waals surface area (Å²) in [6.07, 6.45) is -4.21. The number of rotatable bonds is 2. The van der Waals surface area contributed by atoms with E-state index >= 15 is 0 Å². The van der Waals surface area contributed by atoms with Crippen molar-refractivity contribution in [2.45, 2.75) is 12.6 Å². The summed E-state index contributed by atoms with van der Waals surface area (Å²) in [7, 11) is 0. The van der Waals surface area contributed by atoms with Crippen molar-refractivity contribution in [3.05, 3.63) is 59.2 Å². The average molecular weight is 266 g/mol. The Morgan fingerprint density at radius 1 is 0.842 bits per heavy atom. The standard InChI is InChI=1S/C14H13F3N2/c15-14(16,17)13-8-12(19)6-3-10(13)7-9-1-4-11(18)5-2-9/h1-6,8H,7,18-19H2. The van der Waals surface area contributed by atoms with Crippen LogP contribution in [0.3, 0.4) is 0 Å². The molecular weight excluding hydrogens is 253 g/mol. The molecule has 0 unspecified atom stereocenters. The van der Waals surface area contributed by atoms with Crippen LogP contribution in [0.15, 0.2) is 42.5 Å². The fraction of sp³-hybridized carbons (Fsp3) is 0.143. The minimum atomic E-state index is -4.40. The number of nitrogens with two attached hydrogens (primary N) is 2. The van der Waals surface area contributed by atoms with Crippen molar-refractivity contribution in [2.75, 3.05) is 11.5 Å². The van der Waals surface area contributed by atoms with Gasteiger partial charge < -0.3 is 11.5 Å². The molecule has 2 nitrogen and oxygen atoms in total. The van der Waals surface area contributed by atoms with Crippen LogP contribution >= 0.6 is 0 Å².